The summed E-state index contributed by atoms with van der Waals surface area (Å²) in [5.74, 6) is -1.59. The molecule has 0 aromatic heterocycles. The van der Waals surface area contributed by atoms with Crippen molar-refractivity contribution in [2.24, 2.45) is 0 Å². The fourth-order valence-corrected chi connectivity index (χ4v) is 1.49. The molecule has 1 radical (unpaired) electrons. The van der Waals surface area contributed by atoms with Gasteiger partial charge in [0.25, 0.3) is 0 Å². The molecule has 6 nitrogen and oxygen atoms in total. The molecule has 0 heterocycles. The molecule has 105 valence electrons. The zero-order valence-electron chi connectivity index (χ0n) is 11.1. The van der Waals surface area contributed by atoms with Crippen molar-refractivity contribution in [1.82, 2.24) is 0 Å². The molecule has 1 N–H and O–H groups in total. The van der Waals surface area contributed by atoms with E-state index in [1.165, 1.54) is 0 Å². The van der Waals surface area contributed by atoms with E-state index in [1.807, 2.05) is 30.3 Å². The molecule has 1 aromatic carbocycles. The summed E-state index contributed by atoms with van der Waals surface area (Å²) in [5.41, 5.74) is 0.878. The van der Waals surface area contributed by atoms with Crippen molar-refractivity contribution < 1.29 is 23.7 Å². The van der Waals surface area contributed by atoms with Crippen LogP contribution in [0.1, 0.15) is 12.5 Å². The van der Waals surface area contributed by atoms with Gasteiger partial charge in [-0.1, -0.05) is 30.3 Å². The Balaban J connectivity index is 2.65. The predicted octanol–water partition coefficient (Wildman–Crippen LogP) is 1.96. The van der Waals surface area contributed by atoms with Crippen LogP contribution in [0.5, 0.6) is 0 Å². The van der Waals surface area contributed by atoms with Crippen molar-refractivity contribution in [1.29, 1.82) is 5.41 Å². The number of rotatable bonds is 7. The van der Waals surface area contributed by atoms with Crippen molar-refractivity contribution in [2.75, 3.05) is 6.61 Å². The van der Waals surface area contributed by atoms with Crippen LogP contribution in [0.2, 0.25) is 5.82 Å². The minimum absolute atomic E-state index is 0.121. The average Bonchev–Trinajstić information content (AvgIpc) is 2.44. The Labute approximate surface area is 117 Å². The number of hydrogen-bond donors (Lipinski definition) is 1. The molecule has 0 aliphatic heterocycles. The van der Waals surface area contributed by atoms with Crippen LogP contribution in [0.4, 0.5) is 4.79 Å². The lowest BCUT2D eigenvalue weighted by Gasteiger charge is -2.12. The van der Waals surface area contributed by atoms with Gasteiger partial charge in [-0.05, 0) is 18.9 Å². The number of esters is 1. The summed E-state index contributed by atoms with van der Waals surface area (Å²) in [6, 6.07) is 9.19. The molecule has 0 spiro atoms. The highest BCUT2D eigenvalue weighted by Gasteiger charge is 2.26. The van der Waals surface area contributed by atoms with Crippen molar-refractivity contribution in [3.63, 3.8) is 0 Å². The van der Waals surface area contributed by atoms with E-state index in [9.17, 15) is 9.59 Å². The number of benzene rings is 1. The van der Waals surface area contributed by atoms with Crippen molar-refractivity contribution in [3.8, 4) is 0 Å². The van der Waals surface area contributed by atoms with Gasteiger partial charge in [0.1, 0.15) is 6.40 Å². The third kappa shape index (κ3) is 5.56. The Hall–Kier alpha value is -2.31. The van der Waals surface area contributed by atoms with Crippen LogP contribution < -0.4 is 0 Å². The van der Waals surface area contributed by atoms with Gasteiger partial charge in [-0.25, -0.2) is 4.79 Å². The monoisotopic (exact) mass is 276 g/mol. The van der Waals surface area contributed by atoms with Crippen LogP contribution in [-0.2, 0) is 25.3 Å². The van der Waals surface area contributed by atoms with E-state index in [-0.39, 0.29) is 6.61 Å². The third-order valence-corrected chi connectivity index (χ3v) is 2.36. The zero-order chi connectivity index (χ0) is 14.8. The Morgan fingerprint density at radius 2 is 2.05 bits per heavy atom. The summed E-state index contributed by atoms with van der Waals surface area (Å²) in [5, 5.41) is 6.80. The molecule has 0 aliphatic rings. The van der Waals surface area contributed by atoms with E-state index in [1.54, 1.807) is 6.92 Å². The van der Waals surface area contributed by atoms with Gasteiger partial charge >= 0.3 is 19.6 Å². The van der Waals surface area contributed by atoms with Crippen molar-refractivity contribution in [2.45, 2.75) is 19.2 Å². The highest BCUT2D eigenvalue weighted by Crippen LogP contribution is 2.15. The van der Waals surface area contributed by atoms with Gasteiger partial charge in [-0.3, -0.25) is 10.2 Å². The molecule has 1 aromatic rings. The topological polar surface area (TPSA) is 85.7 Å². The number of hydrogen-bond acceptors (Lipinski definition) is 6. The van der Waals surface area contributed by atoms with Crippen LogP contribution in [0.25, 0.3) is 0 Å². The zero-order valence-corrected chi connectivity index (χ0v) is 11.1. The normalized spacial score (nSPS) is 11.1. The third-order valence-electron chi connectivity index (χ3n) is 2.36. The summed E-state index contributed by atoms with van der Waals surface area (Å²) in [7, 11) is 1.15. The fourth-order valence-electron chi connectivity index (χ4n) is 1.49. The molecule has 20 heavy (non-hydrogen) atoms. The molecule has 0 saturated carbocycles. The van der Waals surface area contributed by atoms with Crippen LogP contribution in [0.15, 0.2) is 30.3 Å². The van der Waals surface area contributed by atoms with Gasteiger partial charge in [0, 0.05) is 0 Å². The van der Waals surface area contributed by atoms with Gasteiger partial charge < -0.3 is 14.1 Å². The first kappa shape index (κ1) is 15.8. The fraction of sp³-hybridized carbons (Fsp3) is 0.308. The summed E-state index contributed by atoms with van der Waals surface area (Å²) in [6.45, 7) is 1.73. The minimum Gasteiger partial charge on any atom is -0.555 e. The second-order valence-corrected chi connectivity index (χ2v) is 3.79. The predicted molar refractivity (Wildman–Crippen MR) is 72.6 cm³/mol. The van der Waals surface area contributed by atoms with Gasteiger partial charge in [0.2, 0.25) is 0 Å². The number of carbonyl (C=O) groups excluding carboxylic acids is 2. The summed E-state index contributed by atoms with van der Waals surface area (Å²) < 4.78 is 13.8. The van der Waals surface area contributed by atoms with E-state index < -0.39 is 17.9 Å². The van der Waals surface area contributed by atoms with Crippen molar-refractivity contribution in [3.05, 3.63) is 35.9 Å². The molecular formula is C13H15BNO5. The first-order chi connectivity index (χ1) is 9.67. The van der Waals surface area contributed by atoms with Gasteiger partial charge in [-0.15, -0.1) is 0 Å². The molecule has 1 rings (SSSR count). The van der Waals surface area contributed by atoms with Crippen molar-refractivity contribution >= 4 is 26.0 Å². The molecule has 0 unspecified atom stereocenters. The second-order valence-electron chi connectivity index (χ2n) is 3.79. The first-order valence-electron chi connectivity index (χ1n) is 6.07. The maximum absolute atomic E-state index is 11.8. The number of carbonyl (C=O) groups is 2. The largest absolute Gasteiger partial charge is 0.555 e. The molecule has 0 fully saturated rings. The lowest BCUT2D eigenvalue weighted by atomic mass is 9.76. The summed E-state index contributed by atoms with van der Waals surface area (Å²) in [6.07, 6.45) is -0.0541. The summed E-state index contributed by atoms with van der Waals surface area (Å²) in [4.78, 5) is 22.9. The molecule has 0 amide bonds. The Morgan fingerprint density at radius 1 is 1.35 bits per heavy atom. The van der Waals surface area contributed by atoms with E-state index in [0.29, 0.717) is 12.8 Å². The van der Waals surface area contributed by atoms with Crippen LogP contribution in [0, 0.1) is 5.41 Å². The van der Waals surface area contributed by atoms with Crippen LogP contribution >= 0.6 is 0 Å². The second kappa shape index (κ2) is 8.74. The van der Waals surface area contributed by atoms with E-state index in [0.717, 1.165) is 13.0 Å². The van der Waals surface area contributed by atoms with Crippen LogP contribution in [-0.4, -0.2) is 32.6 Å². The minimum atomic E-state index is -1.04. The smallest absolute Gasteiger partial charge is 0.516 e. The lowest BCUT2D eigenvalue weighted by molar-refractivity contribution is -0.139. The highest BCUT2D eigenvalue weighted by molar-refractivity contribution is 6.38. The van der Waals surface area contributed by atoms with Gasteiger partial charge in [0.15, 0.2) is 0 Å². The Morgan fingerprint density at radius 3 is 2.65 bits per heavy atom. The standard InChI is InChI=1S/C13H15BNO5/c1-2-18-13(17)20-12(16)11(14-19-9-15)8-10-6-4-3-5-7-10/h3-7,9,11,15H,2,8H2,1H3/t11-/m0/s1. The highest BCUT2D eigenvalue weighted by atomic mass is 16.7. The SMILES string of the molecule is CCOC(=O)OC(=O)[C@@H]([B]OC=N)Cc1ccccc1. The number of ether oxygens (including phenoxy) is 2. The molecule has 7 heteroatoms. The Bertz CT molecular complexity index is 451. The first-order valence-corrected chi connectivity index (χ1v) is 6.07. The molecule has 1 atom stereocenters. The summed E-state index contributed by atoms with van der Waals surface area (Å²) >= 11 is 0. The molecule has 0 bridgehead atoms. The maximum atomic E-state index is 11.8. The average molecular weight is 276 g/mol. The molecular weight excluding hydrogens is 261 g/mol. The lowest BCUT2D eigenvalue weighted by Crippen LogP contribution is -2.25. The molecule has 0 saturated heterocycles. The van der Waals surface area contributed by atoms with Crippen LogP contribution in [0.3, 0.4) is 0 Å². The van der Waals surface area contributed by atoms with Gasteiger partial charge in [-0.2, -0.15) is 0 Å². The maximum Gasteiger partial charge on any atom is 0.516 e. The quantitative estimate of drug-likeness (QED) is 0.270. The van der Waals surface area contributed by atoms with E-state index in [2.05, 4.69) is 9.47 Å². The van der Waals surface area contributed by atoms with E-state index >= 15 is 0 Å². The Kier molecular flexibility index (Phi) is 6.88. The van der Waals surface area contributed by atoms with Gasteiger partial charge in [0.05, 0.1) is 12.4 Å². The van der Waals surface area contributed by atoms with E-state index in [4.69, 9.17) is 10.1 Å². The molecule has 0 aliphatic carbocycles. The number of nitrogens with one attached hydrogen (secondary N) is 1.